The van der Waals surface area contributed by atoms with Gasteiger partial charge in [0.2, 0.25) is 0 Å². The van der Waals surface area contributed by atoms with Crippen molar-refractivity contribution in [1.82, 2.24) is 20.1 Å². The summed E-state index contributed by atoms with van der Waals surface area (Å²) in [6, 6.07) is 8.30. The van der Waals surface area contributed by atoms with Crippen molar-refractivity contribution in [3.05, 3.63) is 66.0 Å². The SMILES string of the molecule is Cn1nc(C(=O)NCc2ccncc2)cc1NC(=O)c1ccco1. The van der Waals surface area contributed by atoms with E-state index in [9.17, 15) is 9.59 Å². The number of aromatic nitrogens is 3. The van der Waals surface area contributed by atoms with Gasteiger partial charge in [0.1, 0.15) is 5.82 Å². The monoisotopic (exact) mass is 325 g/mol. The van der Waals surface area contributed by atoms with E-state index in [2.05, 4.69) is 20.7 Å². The molecule has 0 bridgehead atoms. The molecule has 0 atom stereocenters. The molecule has 0 unspecified atom stereocenters. The van der Waals surface area contributed by atoms with Gasteiger partial charge in [0, 0.05) is 32.1 Å². The largest absolute Gasteiger partial charge is 0.459 e. The topological polar surface area (TPSA) is 102 Å². The molecule has 3 aromatic rings. The first-order valence-corrected chi connectivity index (χ1v) is 7.19. The minimum Gasteiger partial charge on any atom is -0.459 e. The van der Waals surface area contributed by atoms with E-state index in [1.54, 1.807) is 31.6 Å². The van der Waals surface area contributed by atoms with Gasteiger partial charge < -0.3 is 15.1 Å². The molecule has 3 rings (SSSR count). The van der Waals surface area contributed by atoms with Crippen molar-refractivity contribution in [2.75, 3.05) is 5.32 Å². The van der Waals surface area contributed by atoms with Gasteiger partial charge in [-0.25, -0.2) is 0 Å². The summed E-state index contributed by atoms with van der Waals surface area (Å²) in [7, 11) is 1.64. The maximum Gasteiger partial charge on any atom is 0.292 e. The highest BCUT2D eigenvalue weighted by atomic mass is 16.3. The molecule has 0 aliphatic carbocycles. The van der Waals surface area contributed by atoms with E-state index < -0.39 is 5.91 Å². The average Bonchev–Trinajstić information content (AvgIpc) is 3.24. The van der Waals surface area contributed by atoms with Crippen LogP contribution in [-0.2, 0) is 13.6 Å². The lowest BCUT2D eigenvalue weighted by Gasteiger charge is -2.02. The third-order valence-corrected chi connectivity index (χ3v) is 3.30. The van der Waals surface area contributed by atoms with Crippen LogP contribution in [0.5, 0.6) is 0 Å². The second-order valence-corrected chi connectivity index (χ2v) is 5.01. The van der Waals surface area contributed by atoms with Crippen molar-refractivity contribution in [2.45, 2.75) is 6.54 Å². The number of furan rings is 1. The van der Waals surface area contributed by atoms with Crippen molar-refractivity contribution in [1.29, 1.82) is 0 Å². The van der Waals surface area contributed by atoms with E-state index >= 15 is 0 Å². The quantitative estimate of drug-likeness (QED) is 0.741. The summed E-state index contributed by atoms with van der Waals surface area (Å²) in [4.78, 5) is 28.0. The molecule has 8 heteroatoms. The lowest BCUT2D eigenvalue weighted by atomic mass is 10.2. The van der Waals surface area contributed by atoms with Crippen LogP contribution in [-0.4, -0.2) is 26.6 Å². The van der Waals surface area contributed by atoms with Gasteiger partial charge in [0.05, 0.1) is 6.26 Å². The predicted molar refractivity (Wildman–Crippen MR) is 85.3 cm³/mol. The molecule has 2 N–H and O–H groups in total. The first-order chi connectivity index (χ1) is 11.6. The molecule has 24 heavy (non-hydrogen) atoms. The van der Waals surface area contributed by atoms with Gasteiger partial charge in [0.15, 0.2) is 11.5 Å². The zero-order valence-electron chi connectivity index (χ0n) is 12.9. The molecule has 0 saturated carbocycles. The van der Waals surface area contributed by atoms with Crippen molar-refractivity contribution < 1.29 is 14.0 Å². The molecule has 8 nitrogen and oxygen atoms in total. The molecule has 3 heterocycles. The molecular weight excluding hydrogens is 310 g/mol. The zero-order chi connectivity index (χ0) is 16.9. The Labute approximate surface area is 137 Å². The number of anilines is 1. The van der Waals surface area contributed by atoms with Crippen LogP contribution in [0.1, 0.15) is 26.6 Å². The molecule has 2 amide bonds. The van der Waals surface area contributed by atoms with Crippen molar-refractivity contribution in [3.8, 4) is 0 Å². The van der Waals surface area contributed by atoms with Gasteiger partial charge in [-0.05, 0) is 29.8 Å². The minimum absolute atomic E-state index is 0.180. The molecule has 0 aromatic carbocycles. The highest BCUT2D eigenvalue weighted by Crippen LogP contribution is 2.12. The summed E-state index contributed by atoms with van der Waals surface area (Å²) < 4.78 is 6.44. The number of hydrogen-bond donors (Lipinski definition) is 2. The van der Waals surface area contributed by atoms with Gasteiger partial charge in [-0.15, -0.1) is 0 Å². The van der Waals surface area contributed by atoms with Crippen LogP contribution in [0.15, 0.2) is 53.4 Å². The Hall–Kier alpha value is -3.42. The van der Waals surface area contributed by atoms with Crippen molar-refractivity contribution >= 4 is 17.6 Å². The first-order valence-electron chi connectivity index (χ1n) is 7.19. The number of carbonyl (C=O) groups excluding carboxylic acids is 2. The van der Waals surface area contributed by atoms with E-state index in [1.807, 2.05) is 12.1 Å². The molecule has 3 aromatic heterocycles. The maximum absolute atomic E-state index is 12.2. The van der Waals surface area contributed by atoms with E-state index in [0.717, 1.165) is 5.56 Å². The van der Waals surface area contributed by atoms with Gasteiger partial charge in [-0.1, -0.05) is 0 Å². The van der Waals surface area contributed by atoms with Crippen LogP contribution in [0.4, 0.5) is 5.82 Å². The smallest absolute Gasteiger partial charge is 0.292 e. The van der Waals surface area contributed by atoms with E-state index in [4.69, 9.17) is 4.42 Å². The Balaban J connectivity index is 1.64. The molecule has 0 aliphatic rings. The van der Waals surface area contributed by atoms with E-state index in [1.165, 1.54) is 17.0 Å². The number of nitrogens with zero attached hydrogens (tertiary/aromatic N) is 3. The van der Waals surface area contributed by atoms with Crippen molar-refractivity contribution in [3.63, 3.8) is 0 Å². The standard InChI is InChI=1S/C16H15N5O3/c1-21-14(19-16(23)13-3-2-8-24-13)9-12(20-21)15(22)18-10-11-4-6-17-7-5-11/h2-9H,10H2,1H3,(H,18,22)(H,19,23). The maximum atomic E-state index is 12.2. The molecule has 122 valence electrons. The Morgan fingerprint density at radius 1 is 1.21 bits per heavy atom. The number of amides is 2. The normalized spacial score (nSPS) is 10.4. The number of pyridine rings is 1. The molecule has 0 saturated heterocycles. The third-order valence-electron chi connectivity index (χ3n) is 3.30. The van der Waals surface area contributed by atoms with Crippen LogP contribution < -0.4 is 10.6 Å². The van der Waals surface area contributed by atoms with Crippen LogP contribution in [0.25, 0.3) is 0 Å². The fraction of sp³-hybridized carbons (Fsp3) is 0.125. The summed E-state index contributed by atoms with van der Waals surface area (Å²) in [5, 5.41) is 9.51. The Morgan fingerprint density at radius 2 is 2.00 bits per heavy atom. The second kappa shape index (κ2) is 6.78. The molecule has 0 spiro atoms. The number of aryl methyl sites for hydroxylation is 1. The Kier molecular flexibility index (Phi) is 4.37. The summed E-state index contributed by atoms with van der Waals surface area (Å²) in [6.45, 7) is 0.367. The van der Waals surface area contributed by atoms with Crippen molar-refractivity contribution in [2.24, 2.45) is 7.05 Å². The molecule has 0 radical (unpaired) electrons. The van der Waals surface area contributed by atoms with Crippen LogP contribution >= 0.6 is 0 Å². The number of hydrogen-bond acceptors (Lipinski definition) is 5. The molecule has 0 aliphatic heterocycles. The fourth-order valence-corrected chi connectivity index (χ4v) is 2.05. The Morgan fingerprint density at radius 3 is 2.71 bits per heavy atom. The fourth-order valence-electron chi connectivity index (χ4n) is 2.05. The summed E-state index contributed by atoms with van der Waals surface area (Å²) in [6.07, 6.45) is 4.73. The van der Waals surface area contributed by atoms with E-state index in [0.29, 0.717) is 12.4 Å². The summed E-state index contributed by atoms with van der Waals surface area (Å²) in [5.41, 5.74) is 1.14. The zero-order valence-corrected chi connectivity index (χ0v) is 12.9. The lowest BCUT2D eigenvalue weighted by molar-refractivity contribution is 0.0944. The average molecular weight is 325 g/mol. The summed E-state index contributed by atoms with van der Waals surface area (Å²) in [5.74, 6) is -0.169. The number of carbonyl (C=O) groups is 2. The summed E-state index contributed by atoms with van der Waals surface area (Å²) >= 11 is 0. The Bertz CT molecular complexity index is 840. The van der Waals surface area contributed by atoms with Gasteiger partial charge in [0.25, 0.3) is 11.8 Å². The number of rotatable bonds is 5. The third kappa shape index (κ3) is 3.49. The minimum atomic E-state index is -0.410. The van der Waals surface area contributed by atoms with Gasteiger partial charge >= 0.3 is 0 Å². The second-order valence-electron chi connectivity index (χ2n) is 5.01. The number of nitrogens with one attached hydrogen (secondary N) is 2. The molecular formula is C16H15N5O3. The predicted octanol–water partition coefficient (Wildman–Crippen LogP) is 1.59. The lowest BCUT2D eigenvalue weighted by Crippen LogP contribution is -2.23. The highest BCUT2D eigenvalue weighted by Gasteiger charge is 2.16. The van der Waals surface area contributed by atoms with Gasteiger partial charge in [-0.3, -0.25) is 19.3 Å². The van der Waals surface area contributed by atoms with Crippen LogP contribution in [0.3, 0.4) is 0 Å². The molecule has 0 fully saturated rings. The highest BCUT2D eigenvalue weighted by molar-refractivity contribution is 6.02. The first kappa shape index (κ1) is 15.5. The van der Waals surface area contributed by atoms with Gasteiger partial charge in [-0.2, -0.15) is 5.10 Å². The van der Waals surface area contributed by atoms with E-state index in [-0.39, 0.29) is 17.4 Å². The van der Waals surface area contributed by atoms with Crippen LogP contribution in [0.2, 0.25) is 0 Å². The van der Waals surface area contributed by atoms with Crippen LogP contribution in [0, 0.1) is 0 Å².